The molecule has 0 aliphatic carbocycles. The molecule has 0 rings (SSSR count). The average molecular weight is 196 g/mol. The molecule has 0 amide bonds. The standard InChI is InChI=1S/C4H10O.Al.Mg.Zn.5H/c1-2-3-4-5;;;;;;;;/h5H,2-4H2,1H3;;;;;;;;/q;;+2;;;;;2*-1. The Bertz CT molecular complexity index is 30.7. The third-order valence-corrected chi connectivity index (χ3v) is 0.512. The molecular formula is C4H15AlMgOZn. The van der Waals surface area contributed by atoms with E-state index in [1.54, 1.807) is 0 Å². The molecule has 0 fully saturated rings. The Morgan fingerprint density at radius 1 is 1.50 bits per heavy atom. The minimum atomic E-state index is 0. The van der Waals surface area contributed by atoms with E-state index in [4.69, 9.17) is 5.11 Å². The average Bonchev–Trinajstić information content (AvgIpc) is 1.41. The first kappa shape index (κ1) is 22.5. The van der Waals surface area contributed by atoms with Gasteiger partial charge in [0.1, 0.15) is 0 Å². The fourth-order valence-corrected chi connectivity index (χ4v) is 0.158. The van der Waals surface area contributed by atoms with Crippen molar-refractivity contribution in [3.63, 3.8) is 0 Å². The quantitative estimate of drug-likeness (QED) is 0.586. The third kappa shape index (κ3) is 24.8. The van der Waals surface area contributed by atoms with Crippen LogP contribution in [-0.2, 0) is 19.5 Å². The summed E-state index contributed by atoms with van der Waals surface area (Å²) in [5, 5.41) is 8.07. The normalized spacial score (nSPS) is 5.25. The maximum Gasteiger partial charge on any atom is 2.00 e. The number of unbranched alkanes of at least 4 members (excludes halogenated alkanes) is 1. The smallest absolute Gasteiger partial charge is 1.00 e. The summed E-state index contributed by atoms with van der Waals surface area (Å²) in [6.45, 7) is 2.40. The molecule has 44 valence electrons. The third-order valence-electron chi connectivity index (χ3n) is 0.512. The van der Waals surface area contributed by atoms with Gasteiger partial charge in [-0.3, -0.25) is 0 Å². The van der Waals surface area contributed by atoms with Crippen LogP contribution in [0.15, 0.2) is 0 Å². The van der Waals surface area contributed by atoms with Gasteiger partial charge in [0.25, 0.3) is 0 Å². The Morgan fingerprint density at radius 2 is 1.88 bits per heavy atom. The molecule has 0 spiro atoms. The van der Waals surface area contributed by atoms with E-state index >= 15 is 0 Å². The maximum atomic E-state index is 8.07. The van der Waals surface area contributed by atoms with Crippen LogP contribution in [0.3, 0.4) is 0 Å². The van der Waals surface area contributed by atoms with E-state index < -0.39 is 0 Å². The second-order valence-electron chi connectivity index (χ2n) is 1.08. The van der Waals surface area contributed by atoms with Crippen molar-refractivity contribution in [3.05, 3.63) is 0 Å². The zero-order valence-corrected chi connectivity index (χ0v) is 9.36. The summed E-state index contributed by atoms with van der Waals surface area (Å²) in [5.74, 6) is 0. The van der Waals surface area contributed by atoms with Crippen LogP contribution in [0.2, 0.25) is 0 Å². The van der Waals surface area contributed by atoms with E-state index in [9.17, 15) is 0 Å². The van der Waals surface area contributed by atoms with Crippen molar-refractivity contribution < 1.29 is 27.4 Å². The van der Waals surface area contributed by atoms with Crippen LogP contribution in [0.5, 0.6) is 0 Å². The molecule has 0 atom stereocenters. The predicted molar refractivity (Wildman–Crippen MR) is 39.9 cm³/mol. The van der Waals surface area contributed by atoms with Crippen LogP contribution in [0.4, 0.5) is 0 Å². The van der Waals surface area contributed by atoms with Crippen LogP contribution >= 0.6 is 0 Å². The van der Waals surface area contributed by atoms with Crippen molar-refractivity contribution in [2.75, 3.05) is 6.61 Å². The summed E-state index contributed by atoms with van der Waals surface area (Å²) in [4.78, 5) is 0. The Kier molecular flexibility index (Phi) is 65.2. The summed E-state index contributed by atoms with van der Waals surface area (Å²) in [5.41, 5.74) is 0. The van der Waals surface area contributed by atoms with Gasteiger partial charge in [0.2, 0.25) is 0 Å². The number of aliphatic hydroxyl groups excluding tert-OH is 1. The summed E-state index contributed by atoms with van der Waals surface area (Å²) >= 11 is 0. The molecule has 0 radical (unpaired) electrons. The van der Waals surface area contributed by atoms with E-state index in [1.165, 1.54) is 0 Å². The molecule has 0 saturated heterocycles. The Morgan fingerprint density at radius 3 is 1.88 bits per heavy atom. The van der Waals surface area contributed by atoms with Gasteiger partial charge in [-0.1, -0.05) is 13.3 Å². The van der Waals surface area contributed by atoms with Gasteiger partial charge in [-0.15, -0.1) is 0 Å². The zero-order chi connectivity index (χ0) is 4.12. The summed E-state index contributed by atoms with van der Waals surface area (Å²) in [6.07, 6.45) is 2.04. The van der Waals surface area contributed by atoms with Crippen molar-refractivity contribution in [2.45, 2.75) is 19.8 Å². The molecule has 1 nitrogen and oxygen atoms in total. The second-order valence-corrected chi connectivity index (χ2v) is 1.08. The number of hydrogen-bond donors (Lipinski definition) is 1. The number of aliphatic hydroxyl groups is 1. The van der Waals surface area contributed by atoms with Gasteiger partial charge in [-0.25, -0.2) is 0 Å². The molecule has 0 aromatic heterocycles. The molecule has 0 aliphatic heterocycles. The minimum Gasteiger partial charge on any atom is -1.00 e. The van der Waals surface area contributed by atoms with Gasteiger partial charge in [0.15, 0.2) is 17.4 Å². The fourth-order valence-electron chi connectivity index (χ4n) is 0.158. The maximum absolute atomic E-state index is 8.07. The molecule has 0 aromatic rings. The van der Waals surface area contributed by atoms with E-state index in [-0.39, 0.29) is 62.7 Å². The number of rotatable bonds is 2. The SMILES string of the molecule is CCCCO.[AlH3].[H-].[H-].[Mg+2].[Zn]. The van der Waals surface area contributed by atoms with Crippen LogP contribution < -0.4 is 0 Å². The number of hydrogen-bond acceptors (Lipinski definition) is 1. The second kappa shape index (κ2) is 23.2. The van der Waals surface area contributed by atoms with Crippen molar-refractivity contribution in [3.8, 4) is 0 Å². The molecular weight excluding hydrogens is 181 g/mol. The molecule has 0 heterocycles. The largest absolute Gasteiger partial charge is 2.00 e. The van der Waals surface area contributed by atoms with E-state index in [1.807, 2.05) is 0 Å². The van der Waals surface area contributed by atoms with Gasteiger partial charge in [-0.2, -0.15) is 0 Å². The summed E-state index contributed by atoms with van der Waals surface area (Å²) < 4.78 is 0. The van der Waals surface area contributed by atoms with Gasteiger partial charge >= 0.3 is 23.1 Å². The molecule has 0 aliphatic rings. The van der Waals surface area contributed by atoms with E-state index in [0.29, 0.717) is 6.61 Å². The van der Waals surface area contributed by atoms with Gasteiger partial charge < -0.3 is 7.96 Å². The Balaban J connectivity index is -0.00000000800. The van der Waals surface area contributed by atoms with E-state index in [0.717, 1.165) is 12.8 Å². The van der Waals surface area contributed by atoms with Crippen molar-refractivity contribution in [1.29, 1.82) is 0 Å². The predicted octanol–water partition coefficient (Wildman–Crippen LogP) is -0.563. The summed E-state index contributed by atoms with van der Waals surface area (Å²) in [7, 11) is 0. The first-order valence-electron chi connectivity index (χ1n) is 2.02. The van der Waals surface area contributed by atoms with Crippen LogP contribution in [0, 0.1) is 0 Å². The molecule has 0 unspecified atom stereocenters. The van der Waals surface area contributed by atoms with Crippen molar-refractivity contribution >= 4 is 40.4 Å². The fraction of sp³-hybridized carbons (Fsp3) is 1.00. The van der Waals surface area contributed by atoms with Crippen LogP contribution in [0.1, 0.15) is 22.6 Å². The Hall–Kier alpha value is 1.88. The first-order chi connectivity index (χ1) is 2.41. The monoisotopic (exact) mass is 194 g/mol. The minimum absolute atomic E-state index is 0. The molecule has 1 N–H and O–H groups in total. The molecule has 8 heavy (non-hydrogen) atoms. The Labute approximate surface area is 93.6 Å². The van der Waals surface area contributed by atoms with Crippen molar-refractivity contribution in [1.82, 2.24) is 0 Å². The van der Waals surface area contributed by atoms with Crippen LogP contribution in [0.25, 0.3) is 0 Å². The first-order valence-corrected chi connectivity index (χ1v) is 2.02. The molecule has 0 saturated carbocycles. The van der Waals surface area contributed by atoms with E-state index in [2.05, 4.69) is 6.92 Å². The van der Waals surface area contributed by atoms with Crippen molar-refractivity contribution in [2.24, 2.45) is 0 Å². The molecule has 0 aromatic carbocycles. The molecule has 0 bridgehead atoms. The van der Waals surface area contributed by atoms with Gasteiger partial charge in [0.05, 0.1) is 0 Å². The van der Waals surface area contributed by atoms with Crippen LogP contribution in [-0.4, -0.2) is 52.1 Å². The van der Waals surface area contributed by atoms with Gasteiger partial charge in [-0.05, 0) is 6.42 Å². The topological polar surface area (TPSA) is 20.2 Å². The summed E-state index contributed by atoms with van der Waals surface area (Å²) in [6, 6.07) is 0. The zero-order valence-electron chi connectivity index (χ0n) is 6.98. The molecule has 4 heteroatoms. The van der Waals surface area contributed by atoms with Gasteiger partial charge in [0, 0.05) is 26.1 Å².